The summed E-state index contributed by atoms with van der Waals surface area (Å²) in [5.41, 5.74) is 0. The van der Waals surface area contributed by atoms with Crippen molar-refractivity contribution in [2.24, 2.45) is 0 Å². The number of hydrogen-bond donors (Lipinski definition) is 1. The average molecular weight is 266 g/mol. The number of nitrogens with one attached hydrogen (secondary N) is 1. The largest absolute Gasteiger partial charge is 0.214 e. The quantitative estimate of drug-likeness (QED) is 0.797. The molecule has 0 aliphatic heterocycles. The predicted molar refractivity (Wildman–Crippen MR) is 66.2 cm³/mol. The molecule has 0 amide bonds. The maximum absolute atomic E-state index is 12.1. The van der Waals surface area contributed by atoms with Gasteiger partial charge < -0.3 is 0 Å². The Labute approximate surface area is 103 Å². The lowest BCUT2D eigenvalue weighted by atomic mass is 10.0. The zero-order valence-corrected chi connectivity index (χ0v) is 11.1. The summed E-state index contributed by atoms with van der Waals surface area (Å²) >= 11 is 6.10. The van der Waals surface area contributed by atoms with Crippen molar-refractivity contribution in [2.45, 2.75) is 68.0 Å². The van der Waals surface area contributed by atoms with E-state index < -0.39 is 10.0 Å². The second-order valence-corrected chi connectivity index (χ2v) is 7.53. The van der Waals surface area contributed by atoms with E-state index in [9.17, 15) is 8.42 Å². The Morgan fingerprint density at radius 2 is 1.62 bits per heavy atom. The lowest BCUT2D eigenvalue weighted by Crippen LogP contribution is -2.43. The first-order chi connectivity index (χ1) is 7.59. The fourth-order valence-corrected chi connectivity index (χ4v) is 5.00. The molecule has 5 heteroatoms. The van der Waals surface area contributed by atoms with Gasteiger partial charge in [0.15, 0.2) is 0 Å². The number of alkyl halides is 1. The van der Waals surface area contributed by atoms with Crippen molar-refractivity contribution in [3.8, 4) is 0 Å². The Morgan fingerprint density at radius 3 is 2.19 bits per heavy atom. The van der Waals surface area contributed by atoms with Gasteiger partial charge in [-0.15, -0.1) is 11.6 Å². The number of hydrogen-bond acceptors (Lipinski definition) is 2. The van der Waals surface area contributed by atoms with Crippen LogP contribution in [0.2, 0.25) is 0 Å². The van der Waals surface area contributed by atoms with Crippen LogP contribution in [0.1, 0.15) is 51.4 Å². The molecular formula is C11H20ClNO2S. The molecule has 0 saturated heterocycles. The third kappa shape index (κ3) is 2.90. The molecule has 0 aromatic rings. The second kappa shape index (κ2) is 5.23. The fourth-order valence-electron chi connectivity index (χ4n) is 2.73. The molecule has 2 rings (SSSR count). The first kappa shape index (κ1) is 12.7. The van der Waals surface area contributed by atoms with Gasteiger partial charge in [-0.2, -0.15) is 0 Å². The van der Waals surface area contributed by atoms with Gasteiger partial charge in [-0.25, -0.2) is 13.1 Å². The Morgan fingerprint density at radius 1 is 0.938 bits per heavy atom. The standard InChI is InChI=1S/C11H20ClNO2S/c12-10-7-4-8-11(10)13-16(14,15)9-5-2-1-3-6-9/h9-11,13H,1-8H2. The molecular weight excluding hydrogens is 246 g/mol. The Bertz CT molecular complexity index is 325. The van der Waals surface area contributed by atoms with Crippen molar-refractivity contribution in [3.05, 3.63) is 0 Å². The highest BCUT2D eigenvalue weighted by molar-refractivity contribution is 7.90. The molecule has 2 atom stereocenters. The molecule has 2 fully saturated rings. The lowest BCUT2D eigenvalue weighted by Gasteiger charge is -2.25. The zero-order chi connectivity index (χ0) is 11.6. The van der Waals surface area contributed by atoms with Crippen molar-refractivity contribution in [1.29, 1.82) is 0 Å². The number of halogens is 1. The van der Waals surface area contributed by atoms with Crippen LogP contribution in [-0.2, 0) is 10.0 Å². The van der Waals surface area contributed by atoms with Gasteiger partial charge in [0.1, 0.15) is 0 Å². The molecule has 2 unspecified atom stereocenters. The minimum atomic E-state index is -3.13. The lowest BCUT2D eigenvalue weighted by molar-refractivity contribution is 0.470. The third-order valence-corrected chi connectivity index (χ3v) is 6.24. The van der Waals surface area contributed by atoms with Gasteiger partial charge in [-0.3, -0.25) is 0 Å². The van der Waals surface area contributed by atoms with E-state index in [0.29, 0.717) is 0 Å². The van der Waals surface area contributed by atoms with Crippen molar-refractivity contribution in [3.63, 3.8) is 0 Å². The van der Waals surface area contributed by atoms with Crippen LogP contribution >= 0.6 is 11.6 Å². The average Bonchev–Trinajstić information content (AvgIpc) is 2.65. The second-order valence-electron chi connectivity index (χ2n) is 4.98. The molecule has 2 aliphatic carbocycles. The minimum Gasteiger partial charge on any atom is -0.212 e. The highest BCUT2D eigenvalue weighted by Crippen LogP contribution is 2.28. The van der Waals surface area contributed by atoms with Crippen molar-refractivity contribution < 1.29 is 8.42 Å². The highest BCUT2D eigenvalue weighted by atomic mass is 35.5. The van der Waals surface area contributed by atoms with Crippen LogP contribution in [-0.4, -0.2) is 25.1 Å². The molecule has 16 heavy (non-hydrogen) atoms. The minimum absolute atomic E-state index is 0.0154. The van der Waals surface area contributed by atoms with Crippen LogP contribution in [0, 0.1) is 0 Å². The number of sulfonamides is 1. The molecule has 0 heterocycles. The fraction of sp³-hybridized carbons (Fsp3) is 1.00. The van der Waals surface area contributed by atoms with Gasteiger partial charge in [0.2, 0.25) is 10.0 Å². The third-order valence-electron chi connectivity index (χ3n) is 3.74. The summed E-state index contributed by atoms with van der Waals surface area (Å²) in [6, 6.07) is -0.0337. The molecule has 1 N–H and O–H groups in total. The molecule has 0 radical (unpaired) electrons. The van der Waals surface area contributed by atoms with Crippen LogP contribution in [0.3, 0.4) is 0 Å². The predicted octanol–water partition coefficient (Wildman–Crippen LogP) is 2.40. The van der Waals surface area contributed by atoms with Crippen LogP contribution in [0.5, 0.6) is 0 Å². The maximum atomic E-state index is 12.1. The van der Waals surface area contributed by atoms with E-state index in [1.165, 1.54) is 6.42 Å². The molecule has 0 spiro atoms. The van der Waals surface area contributed by atoms with E-state index in [1.807, 2.05) is 0 Å². The Balaban J connectivity index is 1.96. The van der Waals surface area contributed by atoms with Gasteiger partial charge in [0.25, 0.3) is 0 Å². The van der Waals surface area contributed by atoms with Crippen LogP contribution < -0.4 is 4.72 Å². The zero-order valence-electron chi connectivity index (χ0n) is 9.49. The molecule has 0 aromatic heterocycles. The van der Waals surface area contributed by atoms with Crippen LogP contribution in [0.25, 0.3) is 0 Å². The van der Waals surface area contributed by atoms with E-state index in [4.69, 9.17) is 11.6 Å². The summed E-state index contributed by atoms with van der Waals surface area (Å²) in [6.45, 7) is 0. The topological polar surface area (TPSA) is 46.2 Å². The molecule has 94 valence electrons. The van der Waals surface area contributed by atoms with E-state index in [2.05, 4.69) is 4.72 Å². The summed E-state index contributed by atoms with van der Waals surface area (Å²) in [6.07, 6.45) is 7.74. The van der Waals surface area contributed by atoms with Crippen molar-refractivity contribution in [2.75, 3.05) is 0 Å². The Kier molecular flexibility index (Phi) is 4.14. The van der Waals surface area contributed by atoms with Crippen molar-refractivity contribution >= 4 is 21.6 Å². The number of rotatable bonds is 3. The summed E-state index contributed by atoms with van der Waals surface area (Å²) in [7, 11) is -3.13. The Hall–Kier alpha value is 0.200. The highest BCUT2D eigenvalue weighted by Gasteiger charge is 2.33. The molecule has 2 aliphatic rings. The molecule has 2 saturated carbocycles. The van der Waals surface area contributed by atoms with Gasteiger partial charge in [-0.05, 0) is 25.7 Å². The summed E-state index contributed by atoms with van der Waals surface area (Å²) < 4.78 is 27.0. The normalized spacial score (nSPS) is 33.1. The molecule has 3 nitrogen and oxygen atoms in total. The molecule has 0 bridgehead atoms. The summed E-state index contributed by atoms with van der Waals surface area (Å²) in [4.78, 5) is 0. The maximum Gasteiger partial charge on any atom is 0.214 e. The summed E-state index contributed by atoms with van der Waals surface area (Å²) in [5, 5.41) is -0.191. The SMILES string of the molecule is O=S(=O)(NC1CCCC1Cl)C1CCCCC1. The first-order valence-corrected chi connectivity index (χ1v) is 8.23. The van der Waals surface area contributed by atoms with E-state index >= 15 is 0 Å². The van der Waals surface area contributed by atoms with Crippen LogP contribution in [0.4, 0.5) is 0 Å². The van der Waals surface area contributed by atoms with Crippen LogP contribution in [0.15, 0.2) is 0 Å². The van der Waals surface area contributed by atoms with Gasteiger partial charge >= 0.3 is 0 Å². The monoisotopic (exact) mass is 265 g/mol. The van der Waals surface area contributed by atoms with E-state index in [0.717, 1.165) is 44.9 Å². The molecule has 0 aromatic carbocycles. The first-order valence-electron chi connectivity index (χ1n) is 6.25. The van der Waals surface area contributed by atoms with E-state index in [-0.39, 0.29) is 16.7 Å². The summed E-state index contributed by atoms with van der Waals surface area (Å²) in [5.74, 6) is 0. The smallest absolute Gasteiger partial charge is 0.212 e. The van der Waals surface area contributed by atoms with Gasteiger partial charge in [0.05, 0.1) is 5.25 Å². The van der Waals surface area contributed by atoms with Gasteiger partial charge in [-0.1, -0.05) is 25.7 Å². The van der Waals surface area contributed by atoms with Gasteiger partial charge in [0, 0.05) is 11.4 Å². The van der Waals surface area contributed by atoms with Crippen molar-refractivity contribution in [1.82, 2.24) is 4.72 Å². The van der Waals surface area contributed by atoms with E-state index in [1.54, 1.807) is 0 Å².